The smallest absolute Gasteiger partial charge is 0.177 e. The highest BCUT2D eigenvalue weighted by atomic mass is 32.2. The van der Waals surface area contributed by atoms with Gasteiger partial charge in [0.2, 0.25) is 0 Å². The number of thioether (sulfide) groups is 1. The zero-order chi connectivity index (χ0) is 27.1. The van der Waals surface area contributed by atoms with Crippen LogP contribution in [0.1, 0.15) is 23.6 Å². The van der Waals surface area contributed by atoms with E-state index in [0.717, 1.165) is 12.1 Å². The maximum absolute atomic E-state index is 14.7. The lowest BCUT2D eigenvalue weighted by molar-refractivity contribution is -0.146. The Kier molecular flexibility index (Phi) is 9.01. The summed E-state index contributed by atoms with van der Waals surface area (Å²) in [4.78, 5) is 3.88. The van der Waals surface area contributed by atoms with Crippen molar-refractivity contribution in [1.29, 1.82) is 5.26 Å². The van der Waals surface area contributed by atoms with Crippen molar-refractivity contribution >= 4 is 17.8 Å². The number of hydrogen-bond donors (Lipinski definition) is 1. The summed E-state index contributed by atoms with van der Waals surface area (Å²) in [5.74, 6) is -2.08. The molecule has 0 radical (unpaired) electrons. The predicted molar refractivity (Wildman–Crippen MR) is 136 cm³/mol. The Hall–Kier alpha value is -3.43. The van der Waals surface area contributed by atoms with Gasteiger partial charge in [0, 0.05) is 22.4 Å². The van der Waals surface area contributed by atoms with Gasteiger partial charge in [-0.05, 0) is 24.3 Å². The van der Waals surface area contributed by atoms with Crippen molar-refractivity contribution in [2.24, 2.45) is 0 Å². The van der Waals surface area contributed by atoms with E-state index in [-0.39, 0.29) is 22.9 Å². The number of nitrogens with zero attached hydrogens (tertiary/aromatic N) is 4. The van der Waals surface area contributed by atoms with Crippen molar-refractivity contribution in [2.45, 2.75) is 35.9 Å². The Labute approximate surface area is 222 Å². The van der Waals surface area contributed by atoms with Crippen LogP contribution in [0.3, 0.4) is 0 Å². The second-order valence-electron chi connectivity index (χ2n) is 8.67. The van der Waals surface area contributed by atoms with Crippen LogP contribution < -0.4 is 0 Å². The number of ether oxygens (including phenoxy) is 2. The molecule has 0 amide bonds. The van der Waals surface area contributed by atoms with Gasteiger partial charge >= 0.3 is 0 Å². The fraction of sp³-hybridized carbons (Fsp3) is 0.296. The number of allylic oxidation sites excluding steroid dienone is 2. The Morgan fingerprint density at radius 3 is 2.63 bits per heavy atom. The van der Waals surface area contributed by atoms with Gasteiger partial charge in [0.25, 0.3) is 0 Å². The standard InChI is InChI=1S/C27H25F3N4O3S/c1-18(27(35,15-34-17-32-16-33-34)23-9-8-21(28)11-25(23)30)38-22-13-36-26(37-14-22)5-3-2-4-20-7-6-19(12-31)10-24(20)29/h2-11,16-18,22,26,35H,13-15H2,1H3/b4-2+,5-3+. The molecular formula is C27H25F3N4O3S. The van der Waals surface area contributed by atoms with Crippen molar-refractivity contribution in [3.63, 3.8) is 0 Å². The zero-order valence-electron chi connectivity index (χ0n) is 20.4. The third-order valence-corrected chi connectivity index (χ3v) is 7.47. The normalized spacial score (nSPS) is 20.4. The third-order valence-electron chi connectivity index (χ3n) is 6.01. The molecule has 1 N–H and O–H groups in total. The molecule has 3 aromatic rings. The minimum Gasteiger partial charge on any atom is -0.382 e. The largest absolute Gasteiger partial charge is 0.382 e. The monoisotopic (exact) mass is 542 g/mol. The van der Waals surface area contributed by atoms with Crippen LogP contribution in [0.4, 0.5) is 13.2 Å². The summed E-state index contributed by atoms with van der Waals surface area (Å²) in [7, 11) is 0. The highest BCUT2D eigenvalue weighted by Gasteiger charge is 2.41. The van der Waals surface area contributed by atoms with Gasteiger partial charge in [-0.2, -0.15) is 10.4 Å². The molecule has 2 heterocycles. The molecule has 11 heteroatoms. The van der Waals surface area contributed by atoms with Crippen LogP contribution in [0.5, 0.6) is 0 Å². The second-order valence-corrected chi connectivity index (χ2v) is 10.3. The van der Waals surface area contributed by atoms with Gasteiger partial charge in [0.05, 0.1) is 36.6 Å². The number of halogens is 3. The molecule has 1 aliphatic heterocycles. The number of rotatable bonds is 9. The van der Waals surface area contributed by atoms with Gasteiger partial charge in [-0.15, -0.1) is 11.8 Å². The average Bonchev–Trinajstić information content (AvgIpc) is 3.40. The molecule has 0 bridgehead atoms. The van der Waals surface area contributed by atoms with Gasteiger partial charge in [-0.3, -0.25) is 0 Å². The molecule has 2 atom stereocenters. The van der Waals surface area contributed by atoms with E-state index < -0.39 is 34.6 Å². The summed E-state index contributed by atoms with van der Waals surface area (Å²) in [6, 6.07) is 9.21. The van der Waals surface area contributed by atoms with E-state index in [1.54, 1.807) is 31.2 Å². The molecule has 0 aliphatic carbocycles. The summed E-state index contributed by atoms with van der Waals surface area (Å²) in [5, 5.41) is 23.8. The topological polar surface area (TPSA) is 93.2 Å². The molecule has 1 aromatic heterocycles. The molecular weight excluding hydrogens is 517 g/mol. The highest BCUT2D eigenvalue weighted by molar-refractivity contribution is 8.00. The van der Waals surface area contributed by atoms with Gasteiger partial charge in [-0.1, -0.05) is 37.3 Å². The minimum atomic E-state index is -1.72. The molecule has 0 spiro atoms. The van der Waals surface area contributed by atoms with E-state index in [9.17, 15) is 18.3 Å². The zero-order valence-corrected chi connectivity index (χ0v) is 21.2. The van der Waals surface area contributed by atoms with Crippen molar-refractivity contribution < 1.29 is 27.8 Å². The van der Waals surface area contributed by atoms with Crippen molar-refractivity contribution in [3.8, 4) is 6.07 Å². The van der Waals surface area contributed by atoms with E-state index in [4.69, 9.17) is 14.7 Å². The van der Waals surface area contributed by atoms with Gasteiger partial charge in [-0.25, -0.2) is 22.8 Å². The fourth-order valence-corrected chi connectivity index (χ4v) is 5.29. The van der Waals surface area contributed by atoms with Crippen LogP contribution >= 0.6 is 11.8 Å². The molecule has 0 saturated carbocycles. The summed E-state index contributed by atoms with van der Waals surface area (Å²) in [5.41, 5.74) is -1.17. The van der Waals surface area contributed by atoms with Crippen LogP contribution in [0.2, 0.25) is 0 Å². The van der Waals surface area contributed by atoms with Gasteiger partial charge in [0.1, 0.15) is 35.7 Å². The van der Waals surface area contributed by atoms with E-state index in [1.165, 1.54) is 53.4 Å². The third kappa shape index (κ3) is 6.71. The van der Waals surface area contributed by atoms with Crippen molar-refractivity contribution in [1.82, 2.24) is 14.8 Å². The number of aromatic nitrogens is 3. The van der Waals surface area contributed by atoms with E-state index >= 15 is 0 Å². The first-order valence-electron chi connectivity index (χ1n) is 11.7. The number of benzene rings is 2. The lowest BCUT2D eigenvalue weighted by Crippen LogP contribution is -2.43. The Morgan fingerprint density at radius 2 is 1.97 bits per heavy atom. The number of nitriles is 1. The molecule has 198 valence electrons. The molecule has 4 rings (SSSR count). The highest BCUT2D eigenvalue weighted by Crippen LogP contribution is 2.38. The average molecular weight is 543 g/mol. The Balaban J connectivity index is 1.36. The molecule has 38 heavy (non-hydrogen) atoms. The van der Waals surface area contributed by atoms with Crippen LogP contribution in [0, 0.1) is 28.8 Å². The lowest BCUT2D eigenvalue weighted by atomic mass is 9.90. The summed E-state index contributed by atoms with van der Waals surface area (Å²) in [6.45, 7) is 2.28. The molecule has 1 saturated heterocycles. The second kappa shape index (κ2) is 12.4. The van der Waals surface area contributed by atoms with Crippen LogP contribution in [0.25, 0.3) is 6.08 Å². The van der Waals surface area contributed by atoms with Crippen molar-refractivity contribution in [2.75, 3.05) is 13.2 Å². The molecule has 1 aliphatic rings. The van der Waals surface area contributed by atoms with Crippen molar-refractivity contribution in [3.05, 3.63) is 101 Å². The van der Waals surface area contributed by atoms with Gasteiger partial charge < -0.3 is 14.6 Å². The number of aliphatic hydroxyl groups is 1. The Morgan fingerprint density at radius 1 is 1.18 bits per heavy atom. The lowest BCUT2D eigenvalue weighted by Gasteiger charge is -2.37. The maximum Gasteiger partial charge on any atom is 0.177 e. The first-order chi connectivity index (χ1) is 18.3. The predicted octanol–water partition coefficient (Wildman–Crippen LogP) is 4.59. The van der Waals surface area contributed by atoms with Crippen LogP contribution in [-0.2, 0) is 21.6 Å². The fourth-order valence-electron chi connectivity index (χ4n) is 3.97. The first-order valence-corrected chi connectivity index (χ1v) is 12.7. The van der Waals surface area contributed by atoms with Crippen LogP contribution in [0.15, 0.2) is 67.3 Å². The molecule has 1 fully saturated rings. The van der Waals surface area contributed by atoms with Gasteiger partial charge in [0.15, 0.2) is 6.29 Å². The number of hydrogen-bond acceptors (Lipinski definition) is 7. The van der Waals surface area contributed by atoms with E-state index in [1.807, 2.05) is 6.07 Å². The Bertz CT molecular complexity index is 1340. The summed E-state index contributed by atoms with van der Waals surface area (Å²) < 4.78 is 55.1. The summed E-state index contributed by atoms with van der Waals surface area (Å²) >= 11 is 1.36. The SMILES string of the molecule is CC(SC1COC(/C=C/C=C/c2ccc(C#N)cc2F)OC1)C(O)(Cn1cncn1)c1ccc(F)cc1F. The van der Waals surface area contributed by atoms with E-state index in [0.29, 0.717) is 18.8 Å². The molecule has 2 unspecified atom stereocenters. The molecule has 7 nitrogen and oxygen atoms in total. The maximum atomic E-state index is 14.7. The summed E-state index contributed by atoms with van der Waals surface area (Å²) in [6.07, 6.45) is 8.68. The quantitative estimate of drug-likeness (QED) is 0.396. The minimum absolute atomic E-state index is 0.0432. The van der Waals surface area contributed by atoms with Crippen LogP contribution in [-0.4, -0.2) is 49.9 Å². The first kappa shape index (κ1) is 27.6. The van der Waals surface area contributed by atoms with E-state index in [2.05, 4.69) is 10.1 Å². The molecule has 2 aromatic carbocycles.